The van der Waals surface area contributed by atoms with Gasteiger partial charge in [0.1, 0.15) is 17.3 Å². The number of rotatable bonds is 7. The summed E-state index contributed by atoms with van der Waals surface area (Å²) in [6, 6.07) is 21.5. The van der Waals surface area contributed by atoms with E-state index in [1.54, 1.807) is 60.7 Å². The fourth-order valence-electron chi connectivity index (χ4n) is 4.54. The fourth-order valence-corrected chi connectivity index (χ4v) is 4.67. The van der Waals surface area contributed by atoms with Crippen LogP contribution in [0.4, 0.5) is 5.69 Å². The normalized spacial score (nSPS) is 14.9. The number of nitrogens with two attached hydrogens (primary N) is 1. The lowest BCUT2D eigenvalue weighted by atomic mass is 9.80. The zero-order valence-electron chi connectivity index (χ0n) is 21.8. The average Bonchev–Trinajstić information content (AvgIpc) is 2.99. The molecule has 1 heterocycles. The lowest BCUT2D eigenvalue weighted by molar-refractivity contribution is -0.139. The predicted octanol–water partition coefficient (Wildman–Crippen LogP) is 4.48. The molecule has 0 spiro atoms. The number of hydrogen-bond donors (Lipinski definition) is 1. The number of carbonyl (C=O) groups is 3. The molecule has 1 atom stereocenters. The lowest BCUT2D eigenvalue weighted by Crippen LogP contribution is -2.41. The van der Waals surface area contributed by atoms with Gasteiger partial charge in [-0.1, -0.05) is 41.9 Å². The van der Waals surface area contributed by atoms with E-state index in [4.69, 9.17) is 31.5 Å². The topological polar surface area (TPSA) is 132 Å². The van der Waals surface area contributed by atoms with Gasteiger partial charge in [-0.05, 0) is 48.0 Å². The van der Waals surface area contributed by atoms with Crippen molar-refractivity contribution in [2.75, 3.05) is 26.2 Å². The Balaban J connectivity index is 2.08. The van der Waals surface area contributed by atoms with Crippen LogP contribution in [0, 0.1) is 11.3 Å². The van der Waals surface area contributed by atoms with Crippen molar-refractivity contribution in [3.8, 4) is 11.8 Å². The fraction of sp³-hybridized carbons (Fsp3) is 0.133. The summed E-state index contributed by atoms with van der Waals surface area (Å²) in [7, 11) is 3.74. The number of carbonyl (C=O) groups excluding carboxylic acids is 3. The first-order valence-corrected chi connectivity index (χ1v) is 12.3. The van der Waals surface area contributed by atoms with Crippen LogP contribution in [-0.2, 0) is 19.1 Å². The molecule has 0 fully saturated rings. The number of ketones is 1. The van der Waals surface area contributed by atoms with Gasteiger partial charge in [0.25, 0.3) is 0 Å². The molecule has 0 radical (unpaired) electrons. The Morgan fingerprint density at radius 3 is 2.15 bits per heavy atom. The van der Waals surface area contributed by atoms with Crippen molar-refractivity contribution >= 4 is 35.0 Å². The molecule has 0 saturated heterocycles. The molecule has 1 aliphatic heterocycles. The first kappa shape index (κ1) is 28.0. The molecule has 40 heavy (non-hydrogen) atoms. The predicted molar refractivity (Wildman–Crippen MR) is 147 cm³/mol. The Morgan fingerprint density at radius 2 is 1.57 bits per heavy atom. The molecule has 2 N–H and O–H groups in total. The Labute approximate surface area is 235 Å². The molecule has 0 aliphatic carbocycles. The van der Waals surface area contributed by atoms with Gasteiger partial charge < -0.3 is 19.9 Å². The maximum atomic E-state index is 13.8. The molecule has 0 saturated carbocycles. The van der Waals surface area contributed by atoms with Crippen LogP contribution in [-0.4, -0.2) is 39.1 Å². The Morgan fingerprint density at radius 1 is 0.925 bits per heavy atom. The van der Waals surface area contributed by atoms with Crippen LogP contribution in [0.3, 0.4) is 0 Å². The Hall–Kier alpha value is -5.07. The number of methoxy groups -OCH3 is 3. The van der Waals surface area contributed by atoms with Crippen molar-refractivity contribution < 1.29 is 28.6 Å². The maximum absolute atomic E-state index is 13.8. The zero-order chi connectivity index (χ0) is 29.0. The van der Waals surface area contributed by atoms with Crippen LogP contribution >= 0.6 is 11.6 Å². The third-order valence-corrected chi connectivity index (χ3v) is 6.66. The number of anilines is 1. The molecular formula is C30H24ClN3O6. The van der Waals surface area contributed by atoms with E-state index in [1.807, 2.05) is 0 Å². The molecule has 1 aliphatic rings. The third-order valence-electron chi connectivity index (χ3n) is 6.41. The molecular weight excluding hydrogens is 534 g/mol. The first-order chi connectivity index (χ1) is 19.3. The van der Waals surface area contributed by atoms with Crippen LogP contribution in [0.5, 0.6) is 5.75 Å². The second-order valence-corrected chi connectivity index (χ2v) is 8.99. The second-order valence-electron chi connectivity index (χ2n) is 8.55. The molecule has 0 bridgehead atoms. The minimum atomic E-state index is -1.04. The SMILES string of the molecule is COC(=O)C1=C(C(=O)OC)N(c2ccc(OC)cc2C(=O)c2ccc(Cl)cc2)C(N)=C(C#N)C1c1ccccc1. The highest BCUT2D eigenvalue weighted by Gasteiger charge is 2.43. The van der Waals surface area contributed by atoms with Crippen molar-refractivity contribution in [3.05, 3.63) is 117 Å². The van der Waals surface area contributed by atoms with Crippen LogP contribution in [0.15, 0.2) is 95.5 Å². The standard InChI is InChI=1S/C30H24ClN3O6/c1-38-20-13-14-23(21(15-20)27(35)18-9-11-19(31)12-10-18)34-26(30(37)40-3)25(29(36)39-2)24(22(16-32)28(34)33)17-7-5-4-6-8-17/h4-15,24H,33H2,1-3H3. The van der Waals surface area contributed by atoms with E-state index in [9.17, 15) is 19.6 Å². The summed E-state index contributed by atoms with van der Waals surface area (Å²) in [4.78, 5) is 41.7. The number of halogens is 1. The van der Waals surface area contributed by atoms with Gasteiger partial charge in [0, 0.05) is 10.6 Å². The number of benzene rings is 3. The third kappa shape index (κ3) is 5.00. The van der Waals surface area contributed by atoms with Gasteiger partial charge >= 0.3 is 11.9 Å². The van der Waals surface area contributed by atoms with Crippen LogP contribution in [0.25, 0.3) is 0 Å². The van der Waals surface area contributed by atoms with Crippen molar-refractivity contribution in [2.24, 2.45) is 5.73 Å². The molecule has 9 nitrogen and oxygen atoms in total. The summed E-state index contributed by atoms with van der Waals surface area (Å²) in [5, 5.41) is 10.7. The van der Waals surface area contributed by atoms with Gasteiger partial charge in [0.05, 0.1) is 55.7 Å². The lowest BCUT2D eigenvalue weighted by Gasteiger charge is -2.36. The number of hydrogen-bond acceptors (Lipinski definition) is 9. The van der Waals surface area contributed by atoms with Crippen molar-refractivity contribution in [2.45, 2.75) is 5.92 Å². The minimum Gasteiger partial charge on any atom is -0.497 e. The summed E-state index contributed by atoms with van der Waals surface area (Å²) < 4.78 is 15.5. The molecule has 0 aromatic heterocycles. The Kier molecular flexibility index (Phi) is 8.22. The largest absolute Gasteiger partial charge is 0.497 e. The van der Waals surface area contributed by atoms with E-state index in [2.05, 4.69) is 6.07 Å². The highest BCUT2D eigenvalue weighted by Crippen LogP contribution is 2.44. The summed E-state index contributed by atoms with van der Waals surface area (Å²) in [5.74, 6) is -3.12. The van der Waals surface area contributed by atoms with Gasteiger partial charge in [0.2, 0.25) is 0 Å². The first-order valence-electron chi connectivity index (χ1n) is 11.9. The zero-order valence-corrected chi connectivity index (χ0v) is 22.6. The summed E-state index contributed by atoms with van der Waals surface area (Å²) in [6.45, 7) is 0. The monoisotopic (exact) mass is 557 g/mol. The van der Waals surface area contributed by atoms with E-state index < -0.39 is 23.6 Å². The summed E-state index contributed by atoms with van der Waals surface area (Å²) in [5.41, 5.74) is 7.11. The minimum absolute atomic E-state index is 0.0278. The van der Waals surface area contributed by atoms with E-state index in [1.165, 1.54) is 24.1 Å². The highest BCUT2D eigenvalue weighted by molar-refractivity contribution is 6.30. The number of esters is 2. The van der Waals surface area contributed by atoms with Crippen molar-refractivity contribution in [1.82, 2.24) is 0 Å². The summed E-state index contributed by atoms with van der Waals surface area (Å²) >= 11 is 6.01. The Bertz CT molecular complexity index is 1590. The van der Waals surface area contributed by atoms with Gasteiger partial charge in [-0.3, -0.25) is 9.69 Å². The molecule has 1 unspecified atom stereocenters. The molecule has 3 aromatic rings. The quantitative estimate of drug-likeness (QED) is 0.330. The van der Waals surface area contributed by atoms with E-state index in [-0.39, 0.29) is 39.5 Å². The number of ether oxygens (including phenoxy) is 3. The van der Waals surface area contributed by atoms with Crippen LogP contribution in [0.2, 0.25) is 5.02 Å². The van der Waals surface area contributed by atoms with Gasteiger partial charge in [-0.2, -0.15) is 5.26 Å². The molecule has 10 heteroatoms. The maximum Gasteiger partial charge on any atom is 0.355 e. The number of allylic oxidation sites excluding steroid dienone is 1. The van der Waals surface area contributed by atoms with Gasteiger partial charge in [-0.25, -0.2) is 9.59 Å². The van der Waals surface area contributed by atoms with Crippen LogP contribution < -0.4 is 15.4 Å². The van der Waals surface area contributed by atoms with E-state index in [0.29, 0.717) is 16.3 Å². The van der Waals surface area contributed by atoms with Gasteiger partial charge in [0.15, 0.2) is 5.78 Å². The summed E-state index contributed by atoms with van der Waals surface area (Å²) in [6.07, 6.45) is 0. The average molecular weight is 558 g/mol. The highest BCUT2D eigenvalue weighted by atomic mass is 35.5. The second kappa shape index (κ2) is 11.8. The van der Waals surface area contributed by atoms with E-state index in [0.717, 1.165) is 14.2 Å². The molecule has 4 rings (SSSR count). The van der Waals surface area contributed by atoms with E-state index >= 15 is 0 Å². The van der Waals surface area contributed by atoms with Gasteiger partial charge in [-0.15, -0.1) is 0 Å². The van der Waals surface area contributed by atoms with Crippen molar-refractivity contribution in [3.63, 3.8) is 0 Å². The number of nitriles is 1. The molecule has 3 aromatic carbocycles. The molecule has 0 amide bonds. The smallest absolute Gasteiger partial charge is 0.355 e. The van der Waals surface area contributed by atoms with Crippen LogP contribution in [0.1, 0.15) is 27.4 Å². The molecule has 202 valence electrons. The van der Waals surface area contributed by atoms with Crippen molar-refractivity contribution in [1.29, 1.82) is 5.26 Å². The number of nitrogens with zero attached hydrogens (tertiary/aromatic N) is 2.